The second kappa shape index (κ2) is 7.87. The van der Waals surface area contributed by atoms with Crippen LogP contribution in [0.5, 0.6) is 0 Å². The van der Waals surface area contributed by atoms with Crippen molar-refractivity contribution in [2.75, 3.05) is 14.2 Å². The van der Waals surface area contributed by atoms with Crippen molar-refractivity contribution in [3.63, 3.8) is 0 Å². The molecule has 0 saturated heterocycles. The summed E-state index contributed by atoms with van der Waals surface area (Å²) in [6.07, 6.45) is 3.21. The molecule has 0 amide bonds. The van der Waals surface area contributed by atoms with Gasteiger partial charge >= 0.3 is 0 Å². The minimum Gasteiger partial charge on any atom is -0.382 e. The molecule has 1 N–H and O–H groups in total. The molecule has 2 unspecified atom stereocenters. The van der Waals surface area contributed by atoms with Crippen molar-refractivity contribution in [1.82, 2.24) is 5.32 Å². The third-order valence-electron chi connectivity index (χ3n) is 3.21. The fourth-order valence-electron chi connectivity index (χ4n) is 1.85. The molecule has 1 aromatic rings. The lowest BCUT2D eigenvalue weighted by atomic mass is 10.0. The van der Waals surface area contributed by atoms with E-state index in [9.17, 15) is 4.39 Å². The second-order valence-corrected chi connectivity index (χ2v) is 5.40. The highest BCUT2D eigenvalue weighted by Crippen LogP contribution is 2.20. The predicted octanol–water partition coefficient (Wildman–Crippen LogP) is 3.53. The number of likely N-dealkylation sites (N-methyl/N-ethyl adjacent to an activating group) is 1. The molecule has 0 aromatic heterocycles. The summed E-state index contributed by atoms with van der Waals surface area (Å²) in [7, 11) is 3.69. The van der Waals surface area contributed by atoms with E-state index in [1.165, 1.54) is 12.1 Å². The lowest BCUT2D eigenvalue weighted by Gasteiger charge is -2.19. The first-order chi connectivity index (χ1) is 8.56. The molecule has 0 spiro atoms. The summed E-state index contributed by atoms with van der Waals surface area (Å²) in [5.41, 5.74) is 1.13. The number of hydrogen-bond donors (Lipinski definition) is 1. The molecule has 0 aliphatic heterocycles. The Balaban J connectivity index is 2.56. The molecule has 102 valence electrons. The zero-order chi connectivity index (χ0) is 13.5. The zero-order valence-corrected chi connectivity index (χ0v) is 12.8. The monoisotopic (exact) mass is 317 g/mol. The Hall–Kier alpha value is -0.450. The number of ether oxygens (including phenoxy) is 1. The Bertz CT molecular complexity index is 373. The Morgan fingerprint density at radius 3 is 2.67 bits per heavy atom. The molecule has 0 heterocycles. The summed E-state index contributed by atoms with van der Waals surface area (Å²) in [6.45, 7) is 2.07. The Labute approximate surface area is 117 Å². The normalized spacial score (nSPS) is 14.5. The minimum atomic E-state index is -0.209. The summed E-state index contributed by atoms with van der Waals surface area (Å²) in [6, 6.07) is 5.23. The quantitative estimate of drug-likeness (QED) is 0.830. The lowest BCUT2D eigenvalue weighted by Crippen LogP contribution is -2.29. The molecule has 0 fully saturated rings. The molecule has 0 bridgehead atoms. The summed E-state index contributed by atoms with van der Waals surface area (Å²) in [5, 5.41) is 3.30. The number of benzene rings is 1. The molecule has 1 rings (SSSR count). The molecule has 1 aromatic carbocycles. The Morgan fingerprint density at radius 2 is 2.11 bits per heavy atom. The van der Waals surface area contributed by atoms with Crippen LogP contribution in [0.15, 0.2) is 22.7 Å². The molecule has 0 aliphatic rings. The van der Waals surface area contributed by atoms with E-state index in [-0.39, 0.29) is 11.9 Å². The van der Waals surface area contributed by atoms with Crippen molar-refractivity contribution < 1.29 is 9.13 Å². The van der Waals surface area contributed by atoms with Crippen LogP contribution < -0.4 is 5.32 Å². The predicted molar refractivity (Wildman–Crippen MR) is 76.4 cm³/mol. The summed E-state index contributed by atoms with van der Waals surface area (Å²) >= 11 is 3.41. The maximum atomic E-state index is 13.0. The first-order valence-corrected chi connectivity index (χ1v) is 7.00. The van der Waals surface area contributed by atoms with Crippen LogP contribution in [-0.4, -0.2) is 26.3 Å². The van der Waals surface area contributed by atoms with Gasteiger partial charge in [-0.15, -0.1) is 0 Å². The molecule has 0 radical (unpaired) electrons. The maximum absolute atomic E-state index is 13.0. The molecular formula is C14H21BrFNO. The highest BCUT2D eigenvalue weighted by molar-refractivity contribution is 9.10. The van der Waals surface area contributed by atoms with Crippen molar-refractivity contribution in [3.05, 3.63) is 34.1 Å². The van der Waals surface area contributed by atoms with Gasteiger partial charge in [0.1, 0.15) is 5.82 Å². The van der Waals surface area contributed by atoms with Crippen molar-refractivity contribution in [1.29, 1.82) is 0 Å². The van der Waals surface area contributed by atoms with Crippen LogP contribution in [0.4, 0.5) is 4.39 Å². The van der Waals surface area contributed by atoms with Gasteiger partial charge in [0.05, 0.1) is 6.10 Å². The lowest BCUT2D eigenvalue weighted by molar-refractivity contribution is 0.106. The third-order valence-corrected chi connectivity index (χ3v) is 3.95. The highest BCUT2D eigenvalue weighted by atomic mass is 79.9. The SMILES string of the molecule is CNC(CCC(C)OC)Cc1ccc(F)cc1Br. The van der Waals surface area contributed by atoms with Crippen LogP contribution in [0.2, 0.25) is 0 Å². The zero-order valence-electron chi connectivity index (χ0n) is 11.2. The minimum absolute atomic E-state index is 0.209. The van der Waals surface area contributed by atoms with Crippen LogP contribution in [0, 0.1) is 5.82 Å². The molecule has 0 aliphatic carbocycles. The van der Waals surface area contributed by atoms with Crippen molar-refractivity contribution >= 4 is 15.9 Å². The fourth-order valence-corrected chi connectivity index (χ4v) is 2.37. The number of nitrogens with one attached hydrogen (secondary N) is 1. The van der Waals surface area contributed by atoms with Gasteiger partial charge in [-0.25, -0.2) is 4.39 Å². The molecule has 4 heteroatoms. The fraction of sp³-hybridized carbons (Fsp3) is 0.571. The van der Waals surface area contributed by atoms with Gasteiger partial charge in [0.2, 0.25) is 0 Å². The average molecular weight is 318 g/mol. The Morgan fingerprint density at radius 1 is 1.39 bits per heavy atom. The van der Waals surface area contributed by atoms with Crippen molar-refractivity contribution in [3.8, 4) is 0 Å². The smallest absolute Gasteiger partial charge is 0.124 e. The van der Waals surface area contributed by atoms with E-state index >= 15 is 0 Å². The van der Waals surface area contributed by atoms with E-state index in [4.69, 9.17) is 4.74 Å². The summed E-state index contributed by atoms with van der Waals surface area (Å²) in [5.74, 6) is -0.209. The van der Waals surface area contributed by atoms with Gasteiger partial charge in [-0.2, -0.15) is 0 Å². The van der Waals surface area contributed by atoms with E-state index in [2.05, 4.69) is 28.2 Å². The first kappa shape index (κ1) is 15.6. The van der Waals surface area contributed by atoms with E-state index in [0.29, 0.717) is 6.04 Å². The number of rotatable bonds is 7. The standard InChI is InChI=1S/C14H21BrFNO/c1-10(18-3)4-7-13(17-2)8-11-5-6-12(16)9-14(11)15/h5-6,9-10,13,17H,4,7-8H2,1-3H3. The largest absolute Gasteiger partial charge is 0.382 e. The van der Waals surface area contributed by atoms with E-state index < -0.39 is 0 Å². The van der Waals surface area contributed by atoms with Gasteiger partial charge in [0.15, 0.2) is 0 Å². The summed E-state index contributed by atoms with van der Waals surface area (Å²) < 4.78 is 19.1. The summed E-state index contributed by atoms with van der Waals surface area (Å²) in [4.78, 5) is 0. The van der Waals surface area contributed by atoms with Gasteiger partial charge in [-0.1, -0.05) is 22.0 Å². The third kappa shape index (κ3) is 5.04. The number of halogens is 2. The molecular weight excluding hydrogens is 297 g/mol. The second-order valence-electron chi connectivity index (χ2n) is 4.55. The highest BCUT2D eigenvalue weighted by Gasteiger charge is 2.12. The average Bonchev–Trinajstić information content (AvgIpc) is 2.36. The van der Waals surface area contributed by atoms with Gasteiger partial charge < -0.3 is 10.1 Å². The topological polar surface area (TPSA) is 21.3 Å². The van der Waals surface area contributed by atoms with E-state index in [0.717, 1.165) is 29.3 Å². The van der Waals surface area contributed by atoms with Crippen molar-refractivity contribution in [2.24, 2.45) is 0 Å². The van der Waals surface area contributed by atoms with Crippen LogP contribution in [0.3, 0.4) is 0 Å². The van der Waals surface area contributed by atoms with Gasteiger partial charge in [-0.05, 0) is 50.9 Å². The first-order valence-electron chi connectivity index (χ1n) is 6.20. The van der Waals surface area contributed by atoms with Crippen molar-refractivity contribution in [2.45, 2.75) is 38.3 Å². The van der Waals surface area contributed by atoms with E-state index in [1.807, 2.05) is 13.1 Å². The molecule has 2 nitrogen and oxygen atoms in total. The molecule has 2 atom stereocenters. The molecule has 18 heavy (non-hydrogen) atoms. The van der Waals surface area contributed by atoms with Crippen LogP contribution in [0.25, 0.3) is 0 Å². The number of hydrogen-bond acceptors (Lipinski definition) is 2. The van der Waals surface area contributed by atoms with Gasteiger partial charge in [0, 0.05) is 17.6 Å². The van der Waals surface area contributed by atoms with Crippen LogP contribution >= 0.6 is 15.9 Å². The van der Waals surface area contributed by atoms with Crippen LogP contribution in [-0.2, 0) is 11.2 Å². The van der Waals surface area contributed by atoms with Crippen LogP contribution in [0.1, 0.15) is 25.3 Å². The Kier molecular flexibility index (Phi) is 6.82. The molecule has 0 saturated carbocycles. The van der Waals surface area contributed by atoms with Gasteiger partial charge in [-0.3, -0.25) is 0 Å². The number of methoxy groups -OCH3 is 1. The van der Waals surface area contributed by atoms with E-state index in [1.54, 1.807) is 7.11 Å². The van der Waals surface area contributed by atoms with Gasteiger partial charge in [0.25, 0.3) is 0 Å². The maximum Gasteiger partial charge on any atom is 0.124 e.